The maximum Gasteiger partial charge on any atom is 0.259 e. The van der Waals surface area contributed by atoms with E-state index in [4.69, 9.17) is 18.7 Å². The van der Waals surface area contributed by atoms with E-state index in [2.05, 4.69) is 17.1 Å². The van der Waals surface area contributed by atoms with Gasteiger partial charge in [0.15, 0.2) is 11.5 Å². The van der Waals surface area contributed by atoms with E-state index in [0.29, 0.717) is 45.7 Å². The molecule has 1 saturated heterocycles. The summed E-state index contributed by atoms with van der Waals surface area (Å²) < 4.78 is 21.8. The summed E-state index contributed by atoms with van der Waals surface area (Å²) >= 11 is 0. The second-order valence-corrected chi connectivity index (χ2v) is 7.88. The monoisotopic (exact) mass is 437 g/mol. The van der Waals surface area contributed by atoms with Crippen molar-refractivity contribution in [3.8, 4) is 40.1 Å². The van der Waals surface area contributed by atoms with Crippen molar-refractivity contribution in [2.75, 3.05) is 34.4 Å². The molecule has 3 aromatic rings. The number of carbonyl (C=O) groups excluding carboxylic acids is 1. The molecule has 8 nitrogen and oxygen atoms in total. The number of benzene rings is 2. The third-order valence-corrected chi connectivity index (χ3v) is 5.68. The maximum absolute atomic E-state index is 13.2. The average molecular weight is 437 g/mol. The Morgan fingerprint density at radius 3 is 2.47 bits per heavy atom. The molecule has 168 valence electrons. The highest BCUT2D eigenvalue weighted by molar-refractivity contribution is 6.00. The summed E-state index contributed by atoms with van der Waals surface area (Å²) in [5.74, 6) is 2.57. The lowest BCUT2D eigenvalue weighted by Crippen LogP contribution is -2.39. The Hall–Kier alpha value is -3.55. The first-order chi connectivity index (χ1) is 15.5. The van der Waals surface area contributed by atoms with Gasteiger partial charge in [-0.1, -0.05) is 24.2 Å². The molecular weight excluding hydrogens is 410 g/mol. The second kappa shape index (κ2) is 9.30. The third-order valence-electron chi connectivity index (χ3n) is 5.68. The highest BCUT2D eigenvalue weighted by Crippen LogP contribution is 2.41. The van der Waals surface area contributed by atoms with Crippen LogP contribution in [0.15, 0.2) is 40.9 Å². The van der Waals surface area contributed by atoms with Gasteiger partial charge in [0.2, 0.25) is 11.6 Å². The van der Waals surface area contributed by atoms with Gasteiger partial charge in [-0.2, -0.15) is 4.98 Å². The first-order valence-corrected chi connectivity index (χ1v) is 10.6. The molecule has 0 saturated carbocycles. The van der Waals surface area contributed by atoms with E-state index in [1.165, 1.54) is 0 Å². The van der Waals surface area contributed by atoms with E-state index in [1.807, 2.05) is 23.1 Å². The third kappa shape index (κ3) is 4.12. The Morgan fingerprint density at radius 1 is 1.09 bits per heavy atom. The van der Waals surface area contributed by atoms with E-state index in [9.17, 15) is 4.79 Å². The number of methoxy groups -OCH3 is 3. The zero-order chi connectivity index (χ0) is 22.7. The normalized spacial score (nSPS) is 16.0. The van der Waals surface area contributed by atoms with Crippen LogP contribution < -0.4 is 14.2 Å². The number of hydrogen-bond donors (Lipinski definition) is 0. The van der Waals surface area contributed by atoms with Gasteiger partial charge in [0.05, 0.1) is 32.5 Å². The average Bonchev–Trinajstić information content (AvgIpc) is 3.32. The number of amides is 1. The van der Waals surface area contributed by atoms with E-state index < -0.39 is 0 Å². The van der Waals surface area contributed by atoms with Crippen molar-refractivity contribution in [3.05, 3.63) is 42.0 Å². The number of piperidine rings is 1. The van der Waals surface area contributed by atoms with Crippen LogP contribution in [0.5, 0.6) is 17.2 Å². The second-order valence-electron chi connectivity index (χ2n) is 7.88. The van der Waals surface area contributed by atoms with Gasteiger partial charge >= 0.3 is 0 Å². The van der Waals surface area contributed by atoms with Gasteiger partial charge < -0.3 is 23.6 Å². The van der Waals surface area contributed by atoms with Crippen LogP contribution in [0.25, 0.3) is 22.8 Å². The Kier molecular flexibility index (Phi) is 6.30. The molecule has 1 unspecified atom stereocenters. The minimum atomic E-state index is -0.0142. The minimum Gasteiger partial charge on any atom is -0.493 e. The van der Waals surface area contributed by atoms with E-state index in [0.717, 1.165) is 25.9 Å². The molecule has 4 rings (SSSR count). The fourth-order valence-corrected chi connectivity index (χ4v) is 4.06. The highest BCUT2D eigenvalue weighted by Gasteiger charge is 2.26. The molecular formula is C24H27N3O5. The largest absolute Gasteiger partial charge is 0.493 e. The Morgan fingerprint density at radius 2 is 1.81 bits per heavy atom. The lowest BCUT2D eigenvalue weighted by atomic mass is 9.98. The van der Waals surface area contributed by atoms with Gasteiger partial charge in [0.1, 0.15) is 0 Å². The summed E-state index contributed by atoms with van der Waals surface area (Å²) in [5, 5.41) is 4.13. The van der Waals surface area contributed by atoms with Crippen molar-refractivity contribution >= 4 is 5.91 Å². The topological polar surface area (TPSA) is 86.9 Å². The van der Waals surface area contributed by atoms with Crippen LogP contribution in [-0.4, -0.2) is 55.4 Å². The molecule has 0 spiro atoms. The molecule has 1 aliphatic heterocycles. The van der Waals surface area contributed by atoms with Crippen molar-refractivity contribution in [2.24, 2.45) is 5.92 Å². The predicted octanol–water partition coefficient (Wildman–Crippen LogP) is 4.30. The molecule has 1 atom stereocenters. The molecule has 1 aromatic heterocycles. The van der Waals surface area contributed by atoms with Gasteiger partial charge in [-0.15, -0.1) is 0 Å². The van der Waals surface area contributed by atoms with Crippen LogP contribution in [-0.2, 0) is 0 Å². The lowest BCUT2D eigenvalue weighted by molar-refractivity contribution is 0.0683. The van der Waals surface area contributed by atoms with Gasteiger partial charge in [0.25, 0.3) is 11.8 Å². The zero-order valence-corrected chi connectivity index (χ0v) is 18.8. The number of nitrogens with zero attached hydrogens (tertiary/aromatic N) is 3. The number of aromatic nitrogens is 2. The minimum absolute atomic E-state index is 0.0142. The van der Waals surface area contributed by atoms with Gasteiger partial charge in [0, 0.05) is 18.7 Å². The van der Waals surface area contributed by atoms with Gasteiger partial charge in [-0.05, 0) is 43.0 Å². The van der Waals surface area contributed by atoms with Crippen molar-refractivity contribution in [3.63, 3.8) is 0 Å². The van der Waals surface area contributed by atoms with Crippen LogP contribution >= 0.6 is 0 Å². The first kappa shape index (κ1) is 21.7. The summed E-state index contributed by atoms with van der Waals surface area (Å²) in [5.41, 5.74) is 1.81. The molecule has 0 N–H and O–H groups in total. The van der Waals surface area contributed by atoms with Crippen LogP contribution in [0.2, 0.25) is 0 Å². The Labute approximate surface area is 187 Å². The molecule has 32 heavy (non-hydrogen) atoms. The molecule has 1 amide bonds. The molecule has 0 bridgehead atoms. The summed E-state index contributed by atoms with van der Waals surface area (Å²) in [6, 6.07) is 10.8. The predicted molar refractivity (Wildman–Crippen MR) is 119 cm³/mol. The van der Waals surface area contributed by atoms with Crippen molar-refractivity contribution in [2.45, 2.75) is 19.8 Å². The summed E-state index contributed by atoms with van der Waals surface area (Å²) in [6.07, 6.45) is 2.16. The smallest absolute Gasteiger partial charge is 0.259 e. The molecule has 2 heterocycles. The Bertz CT molecular complexity index is 1090. The molecule has 0 radical (unpaired) electrons. The van der Waals surface area contributed by atoms with Crippen LogP contribution in [0, 0.1) is 5.92 Å². The summed E-state index contributed by atoms with van der Waals surface area (Å²) in [4.78, 5) is 19.7. The summed E-state index contributed by atoms with van der Waals surface area (Å²) in [7, 11) is 4.64. The van der Waals surface area contributed by atoms with Crippen LogP contribution in [0.1, 0.15) is 30.1 Å². The Balaban J connectivity index is 1.69. The number of hydrogen-bond acceptors (Lipinski definition) is 7. The van der Waals surface area contributed by atoms with Crippen molar-refractivity contribution in [1.29, 1.82) is 0 Å². The van der Waals surface area contributed by atoms with Crippen LogP contribution in [0.4, 0.5) is 0 Å². The maximum atomic E-state index is 13.2. The number of likely N-dealkylation sites (tertiary alicyclic amines) is 1. The van der Waals surface area contributed by atoms with Gasteiger partial charge in [-0.25, -0.2) is 0 Å². The van der Waals surface area contributed by atoms with Crippen LogP contribution in [0.3, 0.4) is 0 Å². The number of carbonyl (C=O) groups is 1. The van der Waals surface area contributed by atoms with E-state index in [-0.39, 0.29) is 11.8 Å². The molecule has 1 aliphatic rings. The van der Waals surface area contributed by atoms with E-state index >= 15 is 0 Å². The molecule has 2 aromatic carbocycles. The summed E-state index contributed by atoms with van der Waals surface area (Å²) in [6.45, 7) is 3.69. The molecule has 0 aliphatic carbocycles. The van der Waals surface area contributed by atoms with Crippen molar-refractivity contribution < 1.29 is 23.5 Å². The quantitative estimate of drug-likeness (QED) is 0.568. The lowest BCUT2D eigenvalue weighted by Gasteiger charge is -2.31. The molecule has 1 fully saturated rings. The number of ether oxygens (including phenoxy) is 3. The van der Waals surface area contributed by atoms with E-state index in [1.54, 1.807) is 39.5 Å². The SMILES string of the molecule is COc1cc(-c2noc(-c3ccccc3C(=O)N3CCCC(C)C3)n2)cc(OC)c1OC. The first-order valence-electron chi connectivity index (χ1n) is 10.6. The molecule has 8 heteroatoms. The fraction of sp³-hybridized carbons (Fsp3) is 0.375. The zero-order valence-electron chi connectivity index (χ0n) is 18.8. The fourth-order valence-electron chi connectivity index (χ4n) is 4.06. The van der Waals surface area contributed by atoms with Crippen molar-refractivity contribution in [1.82, 2.24) is 15.0 Å². The standard InChI is InChI=1S/C24H27N3O5/c1-15-8-7-11-27(14-15)24(28)18-10-6-5-9-17(18)23-25-22(26-32-23)16-12-19(29-2)21(31-4)20(13-16)30-3/h5-6,9-10,12-13,15H,7-8,11,14H2,1-4H3. The number of rotatable bonds is 6. The highest BCUT2D eigenvalue weighted by atomic mass is 16.5. The van der Waals surface area contributed by atoms with Gasteiger partial charge in [-0.3, -0.25) is 4.79 Å².